The van der Waals surface area contributed by atoms with E-state index < -0.39 is 0 Å². The predicted molar refractivity (Wildman–Crippen MR) is 108 cm³/mol. The van der Waals surface area contributed by atoms with Crippen LogP contribution in [0.1, 0.15) is 43.5 Å². The number of imidazole rings is 1. The van der Waals surface area contributed by atoms with Gasteiger partial charge in [0, 0.05) is 43.0 Å². The summed E-state index contributed by atoms with van der Waals surface area (Å²) in [7, 11) is 0. The Bertz CT molecular complexity index is 905. The summed E-state index contributed by atoms with van der Waals surface area (Å²) >= 11 is 0. The minimum Gasteiger partial charge on any atom is -0.383 e. The monoisotopic (exact) mass is 379 g/mol. The quantitative estimate of drug-likeness (QED) is 0.865. The predicted octanol–water partition coefficient (Wildman–Crippen LogP) is 2.75. The second kappa shape index (κ2) is 5.80. The van der Waals surface area contributed by atoms with Crippen molar-refractivity contribution < 1.29 is 4.74 Å². The first-order valence-corrected chi connectivity index (χ1v) is 10.7. The Morgan fingerprint density at radius 3 is 2.61 bits per heavy atom. The molecule has 4 aliphatic carbocycles. The first-order chi connectivity index (χ1) is 13.6. The van der Waals surface area contributed by atoms with Crippen molar-refractivity contribution in [3.8, 4) is 11.3 Å². The van der Waals surface area contributed by atoms with Crippen LogP contribution in [-0.4, -0.2) is 51.3 Å². The van der Waals surface area contributed by atoms with Gasteiger partial charge in [0.1, 0.15) is 11.6 Å². The van der Waals surface area contributed by atoms with Crippen LogP contribution in [0.4, 0.5) is 5.82 Å². The summed E-state index contributed by atoms with van der Waals surface area (Å²) in [6, 6.07) is 2.12. The average molecular weight is 380 g/mol. The summed E-state index contributed by atoms with van der Waals surface area (Å²) in [6.07, 6.45) is 11.8. The molecule has 1 aliphatic heterocycles. The van der Waals surface area contributed by atoms with E-state index in [1.807, 2.05) is 13.1 Å². The fourth-order valence-electron chi connectivity index (χ4n) is 5.73. The number of hydrogen-bond donors (Lipinski definition) is 1. The Balaban J connectivity index is 1.29. The Kier molecular flexibility index (Phi) is 3.52. The molecule has 2 aromatic rings. The lowest BCUT2D eigenvalue weighted by Gasteiger charge is -2.74. The van der Waals surface area contributed by atoms with Gasteiger partial charge in [-0.15, -0.1) is 0 Å². The number of ether oxygens (including phenoxy) is 1. The third-order valence-corrected chi connectivity index (χ3v) is 7.53. The van der Waals surface area contributed by atoms with Crippen LogP contribution < -0.4 is 5.73 Å². The highest BCUT2D eigenvalue weighted by Gasteiger charge is 2.71. The van der Waals surface area contributed by atoms with Gasteiger partial charge >= 0.3 is 0 Å². The molecule has 28 heavy (non-hydrogen) atoms. The van der Waals surface area contributed by atoms with Crippen LogP contribution in [0.25, 0.3) is 11.3 Å². The zero-order chi connectivity index (χ0) is 18.9. The average Bonchev–Trinajstić information content (AvgIpc) is 3.35. The van der Waals surface area contributed by atoms with Crippen LogP contribution in [-0.2, 0) is 16.7 Å². The molecule has 6 nitrogen and oxygen atoms in total. The van der Waals surface area contributed by atoms with Crippen molar-refractivity contribution in [3.63, 3.8) is 0 Å². The highest BCUT2D eigenvalue weighted by molar-refractivity contribution is 5.61. The van der Waals surface area contributed by atoms with Gasteiger partial charge in [0.2, 0.25) is 0 Å². The second-order valence-corrected chi connectivity index (χ2v) is 9.56. The fraction of sp³-hybridized carbons (Fsp3) is 0.636. The van der Waals surface area contributed by atoms with Crippen molar-refractivity contribution in [2.75, 3.05) is 32.0 Å². The van der Waals surface area contributed by atoms with E-state index in [9.17, 15) is 0 Å². The smallest absolute Gasteiger partial charge is 0.126 e. The standard InChI is InChI=1S/C22H29N5O/c1-15-8-17(10-24-20(15)23)18-11-27(19(25-18)9-16-2-3-16)22-12-21(13-22,14-22)26-4-6-28-7-5-26/h8,10-11,16H,2-7,9,12-14H2,1H3,(H2,23,24). The van der Waals surface area contributed by atoms with Crippen LogP contribution in [0.15, 0.2) is 18.5 Å². The highest BCUT2D eigenvalue weighted by Crippen LogP contribution is 2.68. The van der Waals surface area contributed by atoms with Gasteiger partial charge in [-0.25, -0.2) is 9.97 Å². The normalized spacial score (nSPS) is 32.0. The maximum Gasteiger partial charge on any atom is 0.126 e. The topological polar surface area (TPSA) is 69.2 Å². The molecule has 0 radical (unpaired) electrons. The van der Waals surface area contributed by atoms with Crippen molar-refractivity contribution in [1.82, 2.24) is 19.4 Å². The molecule has 2 bridgehead atoms. The van der Waals surface area contributed by atoms with E-state index in [-0.39, 0.29) is 0 Å². The van der Waals surface area contributed by atoms with E-state index in [2.05, 4.69) is 26.7 Å². The van der Waals surface area contributed by atoms with Gasteiger partial charge in [-0.2, -0.15) is 0 Å². The van der Waals surface area contributed by atoms with E-state index >= 15 is 0 Å². The zero-order valence-electron chi connectivity index (χ0n) is 16.7. The van der Waals surface area contributed by atoms with Gasteiger partial charge in [-0.1, -0.05) is 0 Å². The van der Waals surface area contributed by atoms with Gasteiger partial charge in [0.25, 0.3) is 0 Å². The molecule has 6 heteroatoms. The molecule has 1 saturated heterocycles. The number of aryl methyl sites for hydroxylation is 1. The number of nitrogen functional groups attached to an aromatic ring is 1. The lowest BCUT2D eigenvalue weighted by atomic mass is 9.43. The van der Waals surface area contributed by atoms with E-state index in [4.69, 9.17) is 15.5 Å². The van der Waals surface area contributed by atoms with Crippen LogP contribution in [0.2, 0.25) is 0 Å². The lowest BCUT2D eigenvalue weighted by molar-refractivity contribution is -0.221. The SMILES string of the molecule is Cc1cc(-c2cn(C34CC(N5CCOCC5)(C3)C4)c(CC3CC3)n2)cnc1N. The second-order valence-electron chi connectivity index (χ2n) is 9.56. The molecule has 5 aliphatic rings. The highest BCUT2D eigenvalue weighted by atomic mass is 16.5. The van der Waals surface area contributed by atoms with Crippen molar-refractivity contribution in [2.24, 2.45) is 5.92 Å². The number of rotatable bonds is 5. The van der Waals surface area contributed by atoms with Gasteiger partial charge in [-0.05, 0) is 56.6 Å². The van der Waals surface area contributed by atoms with Crippen molar-refractivity contribution in [2.45, 2.75) is 56.5 Å². The molecule has 5 fully saturated rings. The van der Waals surface area contributed by atoms with E-state index in [0.717, 1.165) is 55.5 Å². The molecule has 4 saturated carbocycles. The van der Waals surface area contributed by atoms with Crippen LogP contribution in [0, 0.1) is 12.8 Å². The Labute approximate surface area is 166 Å². The summed E-state index contributed by atoms with van der Waals surface area (Å²) in [5.74, 6) is 2.72. The molecule has 0 unspecified atom stereocenters. The van der Waals surface area contributed by atoms with E-state index in [1.165, 1.54) is 37.9 Å². The molecule has 3 heterocycles. The molecule has 0 amide bonds. The molecule has 2 aromatic heterocycles. The molecule has 7 rings (SSSR count). The summed E-state index contributed by atoms with van der Waals surface area (Å²) in [5.41, 5.74) is 9.80. The zero-order valence-corrected chi connectivity index (χ0v) is 16.7. The van der Waals surface area contributed by atoms with Crippen LogP contribution >= 0.6 is 0 Å². The number of anilines is 1. The number of pyridine rings is 1. The summed E-state index contributed by atoms with van der Waals surface area (Å²) in [5, 5.41) is 0. The molecule has 0 aromatic carbocycles. The van der Waals surface area contributed by atoms with Crippen molar-refractivity contribution in [1.29, 1.82) is 0 Å². The summed E-state index contributed by atoms with van der Waals surface area (Å²) in [4.78, 5) is 12.1. The van der Waals surface area contributed by atoms with E-state index in [1.54, 1.807) is 0 Å². The van der Waals surface area contributed by atoms with Crippen LogP contribution in [0.3, 0.4) is 0 Å². The van der Waals surface area contributed by atoms with E-state index in [0.29, 0.717) is 16.9 Å². The maximum absolute atomic E-state index is 5.92. The molecular formula is C22H29N5O. The number of morpholine rings is 1. The number of nitrogens with two attached hydrogens (primary N) is 1. The molecule has 2 N–H and O–H groups in total. The van der Waals surface area contributed by atoms with Gasteiger partial charge in [-0.3, -0.25) is 4.90 Å². The lowest BCUT2D eigenvalue weighted by Crippen LogP contribution is -2.79. The molecule has 0 atom stereocenters. The first-order valence-electron chi connectivity index (χ1n) is 10.7. The largest absolute Gasteiger partial charge is 0.383 e. The van der Waals surface area contributed by atoms with Gasteiger partial charge in [0.15, 0.2) is 0 Å². The molecular weight excluding hydrogens is 350 g/mol. The molecule has 148 valence electrons. The van der Waals surface area contributed by atoms with Gasteiger partial charge in [0.05, 0.1) is 24.4 Å². The number of hydrogen-bond acceptors (Lipinski definition) is 5. The first kappa shape index (κ1) is 17.0. The van der Waals surface area contributed by atoms with Crippen molar-refractivity contribution >= 4 is 5.82 Å². The number of aromatic nitrogens is 3. The third-order valence-electron chi connectivity index (χ3n) is 7.53. The summed E-state index contributed by atoms with van der Waals surface area (Å²) in [6.45, 7) is 5.98. The van der Waals surface area contributed by atoms with Crippen molar-refractivity contribution in [3.05, 3.63) is 29.8 Å². The minimum atomic E-state index is 0.296. The van der Waals surface area contributed by atoms with Crippen LogP contribution in [0.5, 0.6) is 0 Å². The third kappa shape index (κ3) is 2.47. The fourth-order valence-corrected chi connectivity index (χ4v) is 5.73. The summed E-state index contributed by atoms with van der Waals surface area (Å²) < 4.78 is 8.11. The maximum atomic E-state index is 5.92. The Morgan fingerprint density at radius 1 is 1.18 bits per heavy atom. The molecule has 0 spiro atoms. The number of nitrogens with zero attached hydrogens (tertiary/aromatic N) is 4. The Morgan fingerprint density at radius 2 is 1.93 bits per heavy atom. The minimum absolute atomic E-state index is 0.296. The van der Waals surface area contributed by atoms with Gasteiger partial charge < -0.3 is 15.0 Å². The Hall–Kier alpha value is -1.92.